The van der Waals surface area contributed by atoms with Crippen LogP contribution in [0, 0.1) is 12.8 Å². The van der Waals surface area contributed by atoms with Crippen molar-refractivity contribution in [3.05, 3.63) is 57.0 Å². The predicted molar refractivity (Wildman–Crippen MR) is 134 cm³/mol. The lowest BCUT2D eigenvalue weighted by Gasteiger charge is -2.08. The molecule has 0 aliphatic carbocycles. The minimum Gasteiger partial charge on any atom is -0.462 e. The Balaban J connectivity index is 1.69. The quantitative estimate of drug-likeness (QED) is 0.329. The molecule has 3 rings (SSSR count). The summed E-state index contributed by atoms with van der Waals surface area (Å²) in [4.78, 5) is 55.0. The second-order valence-corrected chi connectivity index (χ2v) is 9.52. The molecule has 0 saturated carbocycles. The molecule has 2 heterocycles. The van der Waals surface area contributed by atoms with E-state index in [2.05, 4.69) is 10.3 Å². The molecule has 0 atom stereocenters. The minimum atomic E-state index is -0.486. The Kier molecular flexibility index (Phi) is 8.75. The summed E-state index contributed by atoms with van der Waals surface area (Å²) in [6.45, 7) is 7.95. The molecule has 35 heavy (non-hydrogen) atoms. The van der Waals surface area contributed by atoms with E-state index < -0.39 is 23.4 Å². The third-order valence-corrected chi connectivity index (χ3v) is 6.28. The van der Waals surface area contributed by atoms with Gasteiger partial charge in [-0.05, 0) is 49.1 Å². The van der Waals surface area contributed by atoms with Crippen molar-refractivity contribution in [2.45, 2.75) is 47.1 Å². The Labute approximate surface area is 207 Å². The molecule has 10 heteroatoms. The zero-order valence-electron chi connectivity index (χ0n) is 20.3. The summed E-state index contributed by atoms with van der Waals surface area (Å²) in [5.74, 6) is -1.14. The van der Waals surface area contributed by atoms with Gasteiger partial charge in [0.1, 0.15) is 16.3 Å². The number of carbonyl (C=O) groups excluding carboxylic acids is 3. The van der Waals surface area contributed by atoms with E-state index in [0.29, 0.717) is 38.5 Å². The maximum atomic E-state index is 13.0. The summed E-state index contributed by atoms with van der Waals surface area (Å²) >= 11 is 1.10. The topological polar surface area (TPSA) is 117 Å². The molecule has 1 aromatic carbocycles. The number of anilines is 1. The lowest BCUT2D eigenvalue weighted by molar-refractivity contribution is -0.116. The Morgan fingerprint density at radius 2 is 1.83 bits per heavy atom. The van der Waals surface area contributed by atoms with Gasteiger partial charge in [0.25, 0.3) is 5.56 Å². The fraction of sp³-hybridized carbons (Fsp3) is 0.400. The summed E-state index contributed by atoms with van der Waals surface area (Å²) in [6.07, 6.45) is 3.02. The molecule has 0 unspecified atom stereocenters. The van der Waals surface area contributed by atoms with Crippen molar-refractivity contribution >= 4 is 45.1 Å². The molecule has 0 fully saturated rings. The number of esters is 2. The van der Waals surface area contributed by atoms with Gasteiger partial charge in [-0.25, -0.2) is 14.6 Å². The van der Waals surface area contributed by atoms with Crippen LogP contribution in [0.2, 0.25) is 0 Å². The number of carbonyl (C=O) groups is 3. The third-order valence-electron chi connectivity index (χ3n) is 5.10. The van der Waals surface area contributed by atoms with Crippen LogP contribution in [0.5, 0.6) is 0 Å². The minimum absolute atomic E-state index is 0.193. The monoisotopic (exact) mass is 499 g/mol. The van der Waals surface area contributed by atoms with Crippen molar-refractivity contribution in [3.63, 3.8) is 0 Å². The molecule has 1 N–H and O–H groups in total. The van der Waals surface area contributed by atoms with Gasteiger partial charge >= 0.3 is 11.9 Å². The fourth-order valence-corrected chi connectivity index (χ4v) is 4.24. The van der Waals surface area contributed by atoms with E-state index >= 15 is 0 Å². The first-order chi connectivity index (χ1) is 16.7. The summed E-state index contributed by atoms with van der Waals surface area (Å²) in [5.41, 5.74) is 0.948. The number of ether oxygens (including phenoxy) is 2. The van der Waals surface area contributed by atoms with E-state index in [1.54, 1.807) is 31.2 Å². The highest BCUT2D eigenvalue weighted by Crippen LogP contribution is 2.27. The number of amides is 1. The molecule has 0 radical (unpaired) electrons. The van der Waals surface area contributed by atoms with Crippen LogP contribution in [-0.2, 0) is 20.8 Å². The van der Waals surface area contributed by atoms with Crippen molar-refractivity contribution in [2.24, 2.45) is 5.92 Å². The fourth-order valence-electron chi connectivity index (χ4n) is 3.21. The first-order valence-corrected chi connectivity index (χ1v) is 12.3. The van der Waals surface area contributed by atoms with Crippen LogP contribution in [0.4, 0.5) is 5.69 Å². The normalized spacial score (nSPS) is 11.0. The second kappa shape index (κ2) is 11.7. The number of unbranched alkanes of at least 4 members (excludes halogenated alkanes) is 1. The van der Waals surface area contributed by atoms with E-state index in [0.717, 1.165) is 24.2 Å². The first kappa shape index (κ1) is 26.1. The average molecular weight is 500 g/mol. The number of aryl methyl sites for hydroxylation is 1. The highest BCUT2D eigenvalue weighted by Gasteiger charge is 2.21. The van der Waals surface area contributed by atoms with Crippen molar-refractivity contribution < 1.29 is 23.9 Å². The number of rotatable bonds is 10. The molecule has 1 amide bonds. The van der Waals surface area contributed by atoms with Gasteiger partial charge in [0.15, 0.2) is 0 Å². The van der Waals surface area contributed by atoms with Crippen LogP contribution in [0.1, 0.15) is 59.2 Å². The molecule has 186 valence electrons. The molecule has 0 aliphatic heterocycles. The molecule has 2 aromatic heterocycles. The SMILES string of the molecule is CCCCOC(=O)c1ccc(NC(=O)Cn2cnc3sc(C(=O)OCC(C)C)c(C)c3c2=O)cc1. The maximum absolute atomic E-state index is 13.0. The number of aromatic nitrogens is 2. The second-order valence-electron chi connectivity index (χ2n) is 8.52. The standard InChI is InChI=1S/C25H29N3O6S/c1-5-6-11-33-24(31)17-7-9-18(10-8-17)27-19(29)12-28-14-26-22-20(23(28)30)16(4)21(35-22)25(32)34-13-15(2)3/h7-10,14-15H,5-6,11-13H2,1-4H3,(H,27,29). The van der Waals surface area contributed by atoms with E-state index in [9.17, 15) is 19.2 Å². The molecule has 9 nitrogen and oxygen atoms in total. The summed E-state index contributed by atoms with van der Waals surface area (Å²) < 4.78 is 11.7. The highest BCUT2D eigenvalue weighted by atomic mass is 32.1. The van der Waals surface area contributed by atoms with E-state index in [1.165, 1.54) is 10.9 Å². The van der Waals surface area contributed by atoms with Crippen molar-refractivity contribution in [1.82, 2.24) is 9.55 Å². The Morgan fingerprint density at radius 3 is 2.49 bits per heavy atom. The van der Waals surface area contributed by atoms with Crippen LogP contribution in [0.3, 0.4) is 0 Å². The van der Waals surface area contributed by atoms with Gasteiger partial charge in [-0.1, -0.05) is 27.2 Å². The maximum Gasteiger partial charge on any atom is 0.348 e. The Hall–Kier alpha value is -3.53. The van der Waals surface area contributed by atoms with Crippen LogP contribution in [-0.4, -0.2) is 40.6 Å². The number of fused-ring (bicyclic) bond motifs is 1. The zero-order chi connectivity index (χ0) is 25.5. The van der Waals surface area contributed by atoms with Crippen molar-refractivity contribution in [2.75, 3.05) is 18.5 Å². The number of benzene rings is 1. The van der Waals surface area contributed by atoms with Gasteiger partial charge in [0, 0.05) is 5.69 Å². The van der Waals surface area contributed by atoms with Gasteiger partial charge in [-0.3, -0.25) is 14.2 Å². The van der Waals surface area contributed by atoms with E-state index in [1.807, 2.05) is 20.8 Å². The molecule has 0 spiro atoms. The average Bonchev–Trinajstić information content (AvgIpc) is 3.17. The molecule has 0 bridgehead atoms. The summed E-state index contributed by atoms with van der Waals surface area (Å²) in [6, 6.07) is 6.32. The number of nitrogens with one attached hydrogen (secondary N) is 1. The molecule has 0 saturated heterocycles. The van der Waals surface area contributed by atoms with E-state index in [4.69, 9.17) is 9.47 Å². The van der Waals surface area contributed by atoms with Gasteiger partial charge < -0.3 is 14.8 Å². The predicted octanol–water partition coefficient (Wildman–Crippen LogP) is 4.17. The Morgan fingerprint density at radius 1 is 1.11 bits per heavy atom. The van der Waals surface area contributed by atoms with Crippen LogP contribution >= 0.6 is 11.3 Å². The molecule has 3 aromatic rings. The lowest BCUT2D eigenvalue weighted by Crippen LogP contribution is -2.28. The van der Waals surface area contributed by atoms with Gasteiger partial charge in [-0.2, -0.15) is 0 Å². The van der Waals surface area contributed by atoms with Crippen molar-refractivity contribution in [3.8, 4) is 0 Å². The largest absolute Gasteiger partial charge is 0.462 e. The summed E-state index contributed by atoms with van der Waals surface area (Å²) in [5, 5.41) is 3.00. The Bertz CT molecular complexity index is 1280. The van der Waals surface area contributed by atoms with Gasteiger partial charge in [-0.15, -0.1) is 11.3 Å². The van der Waals surface area contributed by atoms with Gasteiger partial charge in [0.2, 0.25) is 5.91 Å². The van der Waals surface area contributed by atoms with Gasteiger partial charge in [0.05, 0.1) is 30.5 Å². The number of hydrogen-bond acceptors (Lipinski definition) is 8. The van der Waals surface area contributed by atoms with Crippen molar-refractivity contribution in [1.29, 1.82) is 0 Å². The highest BCUT2D eigenvalue weighted by molar-refractivity contribution is 7.20. The molecule has 0 aliphatic rings. The smallest absolute Gasteiger partial charge is 0.348 e. The van der Waals surface area contributed by atoms with E-state index in [-0.39, 0.29) is 19.1 Å². The lowest BCUT2D eigenvalue weighted by atomic mass is 10.2. The van der Waals surface area contributed by atoms with Crippen LogP contribution in [0.25, 0.3) is 10.2 Å². The number of nitrogens with zero attached hydrogens (tertiary/aromatic N) is 2. The summed E-state index contributed by atoms with van der Waals surface area (Å²) in [7, 11) is 0. The number of thiophene rings is 1. The first-order valence-electron chi connectivity index (χ1n) is 11.4. The number of hydrogen-bond donors (Lipinski definition) is 1. The van der Waals surface area contributed by atoms with Crippen LogP contribution < -0.4 is 10.9 Å². The zero-order valence-corrected chi connectivity index (χ0v) is 21.1. The van der Waals surface area contributed by atoms with Crippen LogP contribution in [0.15, 0.2) is 35.4 Å². The molecular formula is C25H29N3O6S. The molecular weight excluding hydrogens is 470 g/mol. The third kappa shape index (κ3) is 6.54.